The SMILES string of the molecule is Cc1ccc2oc(-c3ccccc3NC(=O)c3cc4ccccc4oc3=O)nc2c1. The Morgan fingerprint density at radius 1 is 0.900 bits per heavy atom. The van der Waals surface area contributed by atoms with Crippen LogP contribution in [0.1, 0.15) is 15.9 Å². The van der Waals surface area contributed by atoms with Crippen LogP contribution in [-0.2, 0) is 0 Å². The molecule has 6 nitrogen and oxygen atoms in total. The Morgan fingerprint density at radius 2 is 1.70 bits per heavy atom. The van der Waals surface area contributed by atoms with E-state index in [4.69, 9.17) is 8.83 Å². The molecule has 0 bridgehead atoms. The molecule has 146 valence electrons. The fraction of sp³-hybridized carbons (Fsp3) is 0.0417. The van der Waals surface area contributed by atoms with Crippen molar-refractivity contribution in [2.75, 3.05) is 5.32 Å². The molecule has 0 aliphatic heterocycles. The lowest BCUT2D eigenvalue weighted by Gasteiger charge is -2.08. The van der Waals surface area contributed by atoms with Gasteiger partial charge in [0.1, 0.15) is 16.7 Å². The van der Waals surface area contributed by atoms with Crippen molar-refractivity contribution < 1.29 is 13.6 Å². The normalized spacial score (nSPS) is 11.1. The molecule has 0 atom stereocenters. The van der Waals surface area contributed by atoms with Crippen molar-refractivity contribution >= 4 is 33.7 Å². The molecule has 0 fully saturated rings. The predicted molar refractivity (Wildman–Crippen MR) is 115 cm³/mol. The van der Waals surface area contributed by atoms with Gasteiger partial charge in [-0.15, -0.1) is 0 Å². The second-order valence-corrected chi connectivity index (χ2v) is 6.98. The van der Waals surface area contributed by atoms with Crippen LogP contribution in [0.25, 0.3) is 33.5 Å². The van der Waals surface area contributed by atoms with Gasteiger partial charge in [-0.1, -0.05) is 36.4 Å². The number of hydrogen-bond acceptors (Lipinski definition) is 5. The summed E-state index contributed by atoms with van der Waals surface area (Å²) in [6.45, 7) is 1.98. The molecule has 0 radical (unpaired) electrons. The molecule has 5 aromatic rings. The van der Waals surface area contributed by atoms with E-state index in [1.807, 2.05) is 37.3 Å². The van der Waals surface area contributed by atoms with Crippen molar-refractivity contribution in [2.24, 2.45) is 0 Å². The zero-order valence-electron chi connectivity index (χ0n) is 16.0. The molecular formula is C24H16N2O4. The molecule has 0 spiro atoms. The molecule has 1 amide bonds. The van der Waals surface area contributed by atoms with E-state index in [9.17, 15) is 9.59 Å². The predicted octanol–water partition coefficient (Wildman–Crippen LogP) is 5.16. The Bertz CT molecular complexity index is 1480. The number of fused-ring (bicyclic) bond motifs is 2. The van der Waals surface area contributed by atoms with Crippen molar-refractivity contribution in [3.05, 3.63) is 94.3 Å². The summed E-state index contributed by atoms with van der Waals surface area (Å²) in [5, 5.41) is 3.46. The Kier molecular flexibility index (Phi) is 4.17. The van der Waals surface area contributed by atoms with Gasteiger partial charge in [0, 0.05) is 5.39 Å². The lowest BCUT2D eigenvalue weighted by atomic mass is 10.1. The highest BCUT2D eigenvalue weighted by Gasteiger charge is 2.18. The summed E-state index contributed by atoms with van der Waals surface area (Å²) in [6.07, 6.45) is 0. The molecule has 0 saturated carbocycles. The maximum absolute atomic E-state index is 12.9. The highest BCUT2D eigenvalue weighted by atomic mass is 16.4. The van der Waals surface area contributed by atoms with Crippen LogP contribution >= 0.6 is 0 Å². The molecule has 30 heavy (non-hydrogen) atoms. The number of anilines is 1. The third-order valence-electron chi connectivity index (χ3n) is 4.83. The van der Waals surface area contributed by atoms with E-state index in [1.165, 1.54) is 6.07 Å². The van der Waals surface area contributed by atoms with E-state index in [2.05, 4.69) is 10.3 Å². The molecule has 0 saturated heterocycles. The molecule has 6 heteroatoms. The standard InChI is InChI=1S/C24H16N2O4/c1-14-10-11-21-19(12-14)26-23(29-21)16-7-3-4-8-18(16)25-22(27)17-13-15-6-2-5-9-20(15)30-24(17)28/h2-13H,1H3,(H,25,27). The zero-order chi connectivity index (χ0) is 20.7. The van der Waals surface area contributed by atoms with E-state index in [1.54, 1.807) is 36.4 Å². The van der Waals surface area contributed by atoms with Crippen LogP contribution in [0, 0.1) is 6.92 Å². The van der Waals surface area contributed by atoms with Gasteiger partial charge in [-0.3, -0.25) is 4.79 Å². The first-order valence-corrected chi connectivity index (χ1v) is 9.39. The van der Waals surface area contributed by atoms with Crippen LogP contribution in [0.4, 0.5) is 5.69 Å². The second kappa shape index (κ2) is 7.00. The number of hydrogen-bond donors (Lipinski definition) is 1. The summed E-state index contributed by atoms with van der Waals surface area (Å²) in [5.41, 5.74) is 3.24. The number of nitrogens with one attached hydrogen (secondary N) is 1. The number of amides is 1. The molecule has 3 aromatic carbocycles. The van der Waals surface area contributed by atoms with Gasteiger partial charge in [-0.05, 0) is 48.9 Å². The van der Waals surface area contributed by atoms with Gasteiger partial charge in [0.05, 0.1) is 11.3 Å². The van der Waals surface area contributed by atoms with Gasteiger partial charge < -0.3 is 14.2 Å². The maximum atomic E-state index is 12.9. The Balaban J connectivity index is 1.53. The first kappa shape index (κ1) is 17.9. The van der Waals surface area contributed by atoms with Crippen LogP contribution in [0.3, 0.4) is 0 Å². The van der Waals surface area contributed by atoms with Crippen molar-refractivity contribution in [1.82, 2.24) is 4.98 Å². The first-order chi connectivity index (χ1) is 14.6. The van der Waals surface area contributed by atoms with E-state index in [0.717, 1.165) is 11.1 Å². The summed E-state index contributed by atoms with van der Waals surface area (Å²) in [7, 11) is 0. The van der Waals surface area contributed by atoms with Gasteiger partial charge in [0.2, 0.25) is 5.89 Å². The topological polar surface area (TPSA) is 85.3 Å². The fourth-order valence-electron chi connectivity index (χ4n) is 3.34. The molecule has 1 N–H and O–H groups in total. The number of rotatable bonds is 3. The van der Waals surface area contributed by atoms with Gasteiger partial charge in [0.15, 0.2) is 5.58 Å². The summed E-state index contributed by atoms with van der Waals surface area (Å²) in [6, 6.07) is 21.5. The molecule has 2 heterocycles. The number of aromatic nitrogens is 1. The Labute approximate surface area is 170 Å². The highest BCUT2D eigenvalue weighted by molar-refractivity contribution is 6.07. The van der Waals surface area contributed by atoms with Crippen LogP contribution in [-0.4, -0.2) is 10.9 Å². The first-order valence-electron chi connectivity index (χ1n) is 9.39. The van der Waals surface area contributed by atoms with E-state index in [0.29, 0.717) is 33.7 Å². The van der Waals surface area contributed by atoms with Gasteiger partial charge in [-0.2, -0.15) is 0 Å². The Hall–Kier alpha value is -4.19. The van der Waals surface area contributed by atoms with E-state index >= 15 is 0 Å². The van der Waals surface area contributed by atoms with Gasteiger partial charge >= 0.3 is 5.63 Å². The summed E-state index contributed by atoms with van der Waals surface area (Å²) >= 11 is 0. The number of carbonyl (C=O) groups excluding carboxylic acids is 1. The van der Waals surface area contributed by atoms with Gasteiger partial charge in [-0.25, -0.2) is 9.78 Å². The number of aryl methyl sites for hydroxylation is 1. The average molecular weight is 396 g/mol. The number of carbonyl (C=O) groups is 1. The molecule has 0 aliphatic carbocycles. The monoisotopic (exact) mass is 396 g/mol. The number of benzene rings is 3. The lowest BCUT2D eigenvalue weighted by molar-refractivity contribution is 0.102. The van der Waals surface area contributed by atoms with Crippen LogP contribution in [0.2, 0.25) is 0 Å². The van der Waals surface area contributed by atoms with E-state index in [-0.39, 0.29) is 5.56 Å². The highest BCUT2D eigenvalue weighted by Crippen LogP contribution is 2.30. The summed E-state index contributed by atoms with van der Waals surface area (Å²) in [4.78, 5) is 29.7. The molecule has 0 aliphatic rings. The minimum atomic E-state index is -0.694. The second-order valence-electron chi connectivity index (χ2n) is 6.98. The maximum Gasteiger partial charge on any atom is 0.349 e. The van der Waals surface area contributed by atoms with Crippen molar-refractivity contribution in [2.45, 2.75) is 6.92 Å². The van der Waals surface area contributed by atoms with Crippen molar-refractivity contribution in [1.29, 1.82) is 0 Å². The molecule has 5 rings (SSSR count). The quantitative estimate of drug-likeness (QED) is 0.426. The van der Waals surface area contributed by atoms with Gasteiger partial charge in [0.25, 0.3) is 5.91 Å². The summed E-state index contributed by atoms with van der Waals surface area (Å²) in [5.74, 6) is -0.175. The average Bonchev–Trinajstić information content (AvgIpc) is 3.16. The van der Waals surface area contributed by atoms with Crippen LogP contribution in [0.15, 0.2) is 86.4 Å². The van der Waals surface area contributed by atoms with Crippen LogP contribution in [0.5, 0.6) is 0 Å². The smallest absolute Gasteiger partial charge is 0.349 e. The lowest BCUT2D eigenvalue weighted by Crippen LogP contribution is -2.21. The summed E-state index contributed by atoms with van der Waals surface area (Å²) < 4.78 is 11.1. The zero-order valence-corrected chi connectivity index (χ0v) is 16.0. The van der Waals surface area contributed by atoms with Crippen molar-refractivity contribution in [3.8, 4) is 11.5 Å². The minimum absolute atomic E-state index is 0.0725. The minimum Gasteiger partial charge on any atom is -0.436 e. The van der Waals surface area contributed by atoms with Crippen molar-refractivity contribution in [3.63, 3.8) is 0 Å². The number of oxazole rings is 1. The molecule has 0 unspecified atom stereocenters. The van der Waals surface area contributed by atoms with E-state index < -0.39 is 11.5 Å². The fourth-order valence-corrected chi connectivity index (χ4v) is 3.34. The number of para-hydroxylation sites is 2. The third kappa shape index (κ3) is 3.14. The Morgan fingerprint density at radius 3 is 2.60 bits per heavy atom. The van der Waals surface area contributed by atoms with Crippen LogP contribution < -0.4 is 10.9 Å². The largest absolute Gasteiger partial charge is 0.436 e. The molecular weight excluding hydrogens is 380 g/mol. The molecule has 2 aromatic heterocycles. The number of nitrogens with zero attached hydrogens (tertiary/aromatic N) is 1. The third-order valence-corrected chi connectivity index (χ3v) is 4.83.